The van der Waals surface area contributed by atoms with Crippen molar-refractivity contribution in [3.05, 3.63) is 0 Å². The number of hydrogen-bond donors (Lipinski definition) is 2. The topological polar surface area (TPSA) is 43.7 Å². The quantitative estimate of drug-likeness (QED) is 0.501. The van der Waals surface area contributed by atoms with Crippen LogP contribution in [0.5, 0.6) is 0 Å². The van der Waals surface area contributed by atoms with E-state index in [2.05, 4.69) is 0 Å². The van der Waals surface area contributed by atoms with Crippen molar-refractivity contribution < 1.29 is 10.3 Å². The highest BCUT2D eigenvalue weighted by Gasteiger charge is 2.39. The number of hydroxylamine groups is 2. The molecular weight excluding hydrogens is 118 g/mol. The van der Waals surface area contributed by atoms with Crippen LogP contribution in [0.1, 0.15) is 20.3 Å². The molecule has 0 aromatic rings. The third-order valence-corrected chi connectivity index (χ3v) is 2.23. The average Bonchev–Trinajstić information content (AvgIpc) is 1.96. The Hall–Kier alpha value is -0.120. The van der Waals surface area contributed by atoms with Gasteiger partial charge in [-0.15, -0.1) is 0 Å². The van der Waals surface area contributed by atoms with Crippen molar-refractivity contribution in [2.75, 3.05) is 6.54 Å². The molecule has 0 aromatic carbocycles. The Balaban J connectivity index is 2.66. The summed E-state index contributed by atoms with van der Waals surface area (Å²) in [5.41, 5.74) is -1.00. The van der Waals surface area contributed by atoms with Crippen LogP contribution in [0.15, 0.2) is 0 Å². The maximum atomic E-state index is 9.41. The van der Waals surface area contributed by atoms with Gasteiger partial charge in [-0.3, -0.25) is 0 Å². The molecule has 0 saturated carbocycles. The zero-order valence-corrected chi connectivity index (χ0v) is 5.83. The molecule has 0 amide bonds. The van der Waals surface area contributed by atoms with E-state index in [0.717, 1.165) is 11.5 Å². The zero-order chi connectivity index (χ0) is 7.07. The van der Waals surface area contributed by atoms with Crippen molar-refractivity contribution in [2.24, 2.45) is 5.92 Å². The molecule has 0 aliphatic carbocycles. The highest BCUT2D eigenvalue weighted by molar-refractivity contribution is 4.82. The Morgan fingerprint density at radius 1 is 1.67 bits per heavy atom. The number of rotatable bonds is 0. The summed E-state index contributed by atoms with van der Waals surface area (Å²) >= 11 is 0. The molecule has 1 rings (SSSR count). The third-order valence-electron chi connectivity index (χ3n) is 2.23. The maximum absolute atomic E-state index is 9.41. The summed E-state index contributed by atoms with van der Waals surface area (Å²) in [6.07, 6.45) is 0.865. The SMILES string of the molecule is CC1CCN(O)C1(C)O. The fourth-order valence-electron chi connectivity index (χ4n) is 1.07. The second-order valence-corrected chi connectivity index (χ2v) is 2.91. The fraction of sp³-hybridized carbons (Fsp3) is 1.00. The fourth-order valence-corrected chi connectivity index (χ4v) is 1.07. The first kappa shape index (κ1) is 6.99. The van der Waals surface area contributed by atoms with Gasteiger partial charge in [0.05, 0.1) is 0 Å². The van der Waals surface area contributed by atoms with Gasteiger partial charge in [0.15, 0.2) is 0 Å². The summed E-state index contributed by atoms with van der Waals surface area (Å²) in [4.78, 5) is 0. The Labute approximate surface area is 54.9 Å². The molecule has 9 heavy (non-hydrogen) atoms. The van der Waals surface area contributed by atoms with Gasteiger partial charge in [0.25, 0.3) is 0 Å². The molecule has 2 atom stereocenters. The molecule has 1 saturated heterocycles. The molecule has 2 unspecified atom stereocenters. The molecule has 0 aromatic heterocycles. The summed E-state index contributed by atoms with van der Waals surface area (Å²) in [5, 5.41) is 19.4. The summed E-state index contributed by atoms with van der Waals surface area (Å²) in [6.45, 7) is 4.13. The monoisotopic (exact) mass is 131 g/mol. The lowest BCUT2D eigenvalue weighted by Crippen LogP contribution is -2.42. The van der Waals surface area contributed by atoms with Crippen LogP contribution in [0.2, 0.25) is 0 Å². The molecule has 1 aliphatic heterocycles. The molecule has 1 fully saturated rings. The maximum Gasteiger partial charge on any atom is 0.140 e. The van der Waals surface area contributed by atoms with Crippen LogP contribution >= 0.6 is 0 Å². The number of aliphatic hydroxyl groups is 1. The zero-order valence-electron chi connectivity index (χ0n) is 5.83. The lowest BCUT2D eigenvalue weighted by molar-refractivity contribution is -0.241. The van der Waals surface area contributed by atoms with Crippen molar-refractivity contribution in [2.45, 2.75) is 26.0 Å². The van der Waals surface area contributed by atoms with Crippen LogP contribution in [-0.2, 0) is 0 Å². The molecule has 2 N–H and O–H groups in total. The smallest absolute Gasteiger partial charge is 0.140 e. The molecule has 54 valence electrons. The summed E-state index contributed by atoms with van der Waals surface area (Å²) in [6, 6.07) is 0. The second kappa shape index (κ2) is 1.94. The van der Waals surface area contributed by atoms with E-state index < -0.39 is 5.72 Å². The molecule has 3 heteroatoms. The van der Waals surface area contributed by atoms with Gasteiger partial charge in [-0.05, 0) is 13.3 Å². The summed E-state index contributed by atoms with van der Waals surface area (Å²) < 4.78 is 0. The van der Waals surface area contributed by atoms with E-state index >= 15 is 0 Å². The van der Waals surface area contributed by atoms with Crippen LogP contribution in [0.25, 0.3) is 0 Å². The van der Waals surface area contributed by atoms with E-state index in [1.54, 1.807) is 6.92 Å². The van der Waals surface area contributed by atoms with E-state index in [4.69, 9.17) is 5.21 Å². The lowest BCUT2D eigenvalue weighted by Gasteiger charge is -2.27. The van der Waals surface area contributed by atoms with E-state index in [9.17, 15) is 5.11 Å². The van der Waals surface area contributed by atoms with Crippen LogP contribution in [0, 0.1) is 5.92 Å². The van der Waals surface area contributed by atoms with Gasteiger partial charge >= 0.3 is 0 Å². The average molecular weight is 131 g/mol. The summed E-state index contributed by atoms with van der Waals surface area (Å²) in [7, 11) is 0. The minimum absolute atomic E-state index is 0.169. The second-order valence-electron chi connectivity index (χ2n) is 2.91. The van der Waals surface area contributed by atoms with Crippen molar-refractivity contribution in [1.82, 2.24) is 5.06 Å². The first-order valence-electron chi connectivity index (χ1n) is 3.24. The van der Waals surface area contributed by atoms with Crippen molar-refractivity contribution >= 4 is 0 Å². The summed E-state index contributed by atoms with van der Waals surface area (Å²) in [5.74, 6) is 0.169. The molecule has 0 spiro atoms. The first-order valence-corrected chi connectivity index (χ1v) is 3.24. The Bertz CT molecular complexity index is 102. The molecule has 0 bridgehead atoms. The number of nitrogens with zero attached hydrogens (tertiary/aromatic N) is 1. The van der Waals surface area contributed by atoms with Crippen LogP contribution < -0.4 is 0 Å². The van der Waals surface area contributed by atoms with E-state index in [0.29, 0.717) is 6.54 Å². The first-order chi connectivity index (χ1) is 4.05. The van der Waals surface area contributed by atoms with Gasteiger partial charge in [-0.25, -0.2) is 0 Å². The van der Waals surface area contributed by atoms with Crippen LogP contribution in [0.3, 0.4) is 0 Å². The standard InChI is InChI=1S/C6H13NO2/c1-5-3-4-7(9)6(5,2)8/h5,8-9H,3-4H2,1-2H3. The Kier molecular flexibility index (Phi) is 1.50. The van der Waals surface area contributed by atoms with Crippen LogP contribution in [-0.4, -0.2) is 27.6 Å². The van der Waals surface area contributed by atoms with E-state index in [1.165, 1.54) is 0 Å². The highest BCUT2D eigenvalue weighted by Crippen LogP contribution is 2.29. The minimum atomic E-state index is -1.00. The Morgan fingerprint density at radius 3 is 2.33 bits per heavy atom. The lowest BCUT2D eigenvalue weighted by atomic mass is 10.0. The molecule has 3 nitrogen and oxygen atoms in total. The van der Waals surface area contributed by atoms with Crippen molar-refractivity contribution in [3.63, 3.8) is 0 Å². The largest absolute Gasteiger partial charge is 0.374 e. The van der Waals surface area contributed by atoms with Gasteiger partial charge in [-0.2, -0.15) is 5.06 Å². The van der Waals surface area contributed by atoms with Gasteiger partial charge in [0.1, 0.15) is 5.72 Å². The van der Waals surface area contributed by atoms with Crippen molar-refractivity contribution in [3.8, 4) is 0 Å². The predicted molar refractivity (Wildman–Crippen MR) is 32.9 cm³/mol. The Morgan fingerprint density at radius 2 is 2.22 bits per heavy atom. The molecule has 0 radical (unpaired) electrons. The number of hydrogen-bond acceptors (Lipinski definition) is 3. The minimum Gasteiger partial charge on any atom is -0.374 e. The van der Waals surface area contributed by atoms with Gasteiger partial charge in [-0.1, -0.05) is 6.92 Å². The third kappa shape index (κ3) is 0.956. The molecule has 1 aliphatic rings. The normalized spacial score (nSPS) is 46.0. The van der Waals surface area contributed by atoms with E-state index in [-0.39, 0.29) is 5.92 Å². The van der Waals surface area contributed by atoms with E-state index in [1.807, 2.05) is 6.92 Å². The predicted octanol–water partition coefficient (Wildman–Crippen LogP) is 0.426. The highest BCUT2D eigenvalue weighted by atomic mass is 16.5. The van der Waals surface area contributed by atoms with Gasteiger partial charge in [0, 0.05) is 12.5 Å². The van der Waals surface area contributed by atoms with Crippen molar-refractivity contribution in [1.29, 1.82) is 0 Å². The molecular formula is C6H13NO2. The van der Waals surface area contributed by atoms with Gasteiger partial charge < -0.3 is 10.3 Å². The van der Waals surface area contributed by atoms with Gasteiger partial charge in [0.2, 0.25) is 0 Å². The molecule has 1 heterocycles. The van der Waals surface area contributed by atoms with Crippen LogP contribution in [0.4, 0.5) is 0 Å².